The average molecular weight is 233 g/mol. The van der Waals surface area contributed by atoms with Crippen LogP contribution in [0.25, 0.3) is 0 Å². The maximum Gasteiger partial charge on any atom is 0.418 e. The van der Waals surface area contributed by atoms with E-state index in [9.17, 15) is 13.2 Å². The van der Waals surface area contributed by atoms with E-state index in [1.807, 2.05) is 0 Å². The summed E-state index contributed by atoms with van der Waals surface area (Å²) < 4.78 is 42.5. The van der Waals surface area contributed by atoms with E-state index < -0.39 is 17.7 Å². The molecular formula is C9H10F3N3O. The molecule has 0 unspecified atom stereocenters. The van der Waals surface area contributed by atoms with Crippen LogP contribution in [-0.2, 0) is 6.18 Å². The van der Waals surface area contributed by atoms with Crippen molar-refractivity contribution in [3.8, 4) is 5.75 Å². The van der Waals surface area contributed by atoms with Crippen LogP contribution in [0.5, 0.6) is 5.75 Å². The number of guanidine groups is 1. The fourth-order valence-corrected chi connectivity index (χ4v) is 1.11. The summed E-state index contributed by atoms with van der Waals surface area (Å²) in [7, 11) is 1.27. The highest BCUT2D eigenvalue weighted by molar-refractivity contribution is 5.79. The Balaban J connectivity index is 3.33. The molecule has 0 amide bonds. The van der Waals surface area contributed by atoms with E-state index in [-0.39, 0.29) is 11.4 Å². The minimum Gasteiger partial charge on any atom is -0.497 e. The summed E-state index contributed by atoms with van der Waals surface area (Å²) in [5, 5.41) is 0. The predicted molar refractivity (Wildman–Crippen MR) is 53.5 cm³/mol. The largest absolute Gasteiger partial charge is 0.497 e. The van der Waals surface area contributed by atoms with Crippen molar-refractivity contribution in [3.63, 3.8) is 0 Å². The standard InChI is InChI=1S/C9H10F3N3O/c1-16-5-2-3-7(15-8(13)14)6(4-5)9(10,11)12/h2-4H,1H3,(H4,13,14,15). The molecule has 0 aliphatic rings. The number of halogens is 3. The van der Waals surface area contributed by atoms with Gasteiger partial charge in [0, 0.05) is 0 Å². The summed E-state index contributed by atoms with van der Waals surface area (Å²) >= 11 is 0. The second kappa shape index (κ2) is 4.30. The van der Waals surface area contributed by atoms with Gasteiger partial charge in [-0.05, 0) is 18.2 Å². The number of ether oxygens (including phenoxy) is 1. The molecule has 1 aromatic carbocycles. The maximum atomic E-state index is 12.6. The summed E-state index contributed by atoms with van der Waals surface area (Å²) in [5.74, 6) is -0.350. The molecule has 88 valence electrons. The van der Waals surface area contributed by atoms with Gasteiger partial charge < -0.3 is 16.2 Å². The van der Waals surface area contributed by atoms with Crippen molar-refractivity contribution >= 4 is 11.6 Å². The van der Waals surface area contributed by atoms with Crippen LogP contribution >= 0.6 is 0 Å². The second-order valence-corrected chi connectivity index (χ2v) is 2.92. The van der Waals surface area contributed by atoms with Crippen LogP contribution in [0.15, 0.2) is 23.2 Å². The number of nitrogens with zero attached hydrogens (tertiary/aromatic N) is 1. The van der Waals surface area contributed by atoms with Crippen LogP contribution in [0.1, 0.15) is 5.56 Å². The first kappa shape index (κ1) is 12.2. The lowest BCUT2D eigenvalue weighted by molar-refractivity contribution is -0.137. The quantitative estimate of drug-likeness (QED) is 0.602. The van der Waals surface area contributed by atoms with Gasteiger partial charge in [0.1, 0.15) is 5.75 Å². The molecule has 0 radical (unpaired) electrons. The lowest BCUT2D eigenvalue weighted by atomic mass is 10.1. The molecule has 1 rings (SSSR count). The smallest absolute Gasteiger partial charge is 0.418 e. The molecule has 0 aliphatic carbocycles. The average Bonchev–Trinajstić information content (AvgIpc) is 2.15. The van der Waals surface area contributed by atoms with Gasteiger partial charge in [-0.15, -0.1) is 0 Å². The van der Waals surface area contributed by atoms with Gasteiger partial charge in [-0.25, -0.2) is 4.99 Å². The Hall–Kier alpha value is -1.92. The summed E-state index contributed by atoms with van der Waals surface area (Å²) in [5.41, 5.74) is 8.79. The molecule has 7 heteroatoms. The maximum absolute atomic E-state index is 12.6. The van der Waals surface area contributed by atoms with E-state index >= 15 is 0 Å². The molecule has 0 heterocycles. The van der Waals surface area contributed by atoms with Gasteiger partial charge in [-0.1, -0.05) is 0 Å². The fraction of sp³-hybridized carbons (Fsp3) is 0.222. The molecule has 4 N–H and O–H groups in total. The third-order valence-corrected chi connectivity index (χ3v) is 1.76. The molecule has 0 bridgehead atoms. The Morgan fingerprint density at radius 1 is 1.31 bits per heavy atom. The molecule has 0 aliphatic heterocycles. The monoisotopic (exact) mass is 233 g/mol. The van der Waals surface area contributed by atoms with Crippen LogP contribution in [-0.4, -0.2) is 13.1 Å². The zero-order chi connectivity index (χ0) is 12.3. The summed E-state index contributed by atoms with van der Waals surface area (Å²) in [6.07, 6.45) is -4.54. The first-order valence-corrected chi connectivity index (χ1v) is 4.19. The summed E-state index contributed by atoms with van der Waals surface area (Å²) in [4.78, 5) is 3.40. The first-order chi connectivity index (χ1) is 7.34. The van der Waals surface area contributed by atoms with E-state index in [0.29, 0.717) is 0 Å². The number of hydrogen-bond acceptors (Lipinski definition) is 2. The highest BCUT2D eigenvalue weighted by Crippen LogP contribution is 2.38. The van der Waals surface area contributed by atoms with E-state index in [4.69, 9.17) is 16.2 Å². The minimum atomic E-state index is -4.54. The van der Waals surface area contributed by atoms with Crippen LogP contribution in [0.3, 0.4) is 0 Å². The molecule has 0 fully saturated rings. The lowest BCUT2D eigenvalue weighted by Crippen LogP contribution is -2.22. The van der Waals surface area contributed by atoms with Gasteiger partial charge in [-0.3, -0.25) is 0 Å². The fourth-order valence-electron chi connectivity index (χ4n) is 1.11. The van der Waals surface area contributed by atoms with Crippen molar-refractivity contribution in [2.45, 2.75) is 6.18 Å². The van der Waals surface area contributed by atoms with Gasteiger partial charge >= 0.3 is 6.18 Å². The van der Waals surface area contributed by atoms with Gasteiger partial charge in [0.2, 0.25) is 0 Å². The molecule has 0 spiro atoms. The van der Waals surface area contributed by atoms with Crippen molar-refractivity contribution in [2.24, 2.45) is 16.5 Å². The molecule has 0 atom stereocenters. The summed E-state index contributed by atoms with van der Waals surface area (Å²) in [6, 6.07) is 3.32. The zero-order valence-electron chi connectivity index (χ0n) is 8.38. The third kappa shape index (κ3) is 2.78. The molecular weight excluding hydrogens is 223 g/mol. The van der Waals surface area contributed by atoms with Crippen LogP contribution in [0.2, 0.25) is 0 Å². The van der Waals surface area contributed by atoms with Crippen molar-refractivity contribution in [1.82, 2.24) is 0 Å². The molecule has 1 aromatic rings. The van der Waals surface area contributed by atoms with E-state index in [2.05, 4.69) is 4.99 Å². The van der Waals surface area contributed by atoms with E-state index in [1.165, 1.54) is 13.2 Å². The molecule has 0 saturated carbocycles. The Kier molecular flexibility index (Phi) is 3.26. The zero-order valence-corrected chi connectivity index (χ0v) is 8.38. The highest BCUT2D eigenvalue weighted by Gasteiger charge is 2.34. The number of methoxy groups -OCH3 is 1. The Morgan fingerprint density at radius 2 is 1.94 bits per heavy atom. The first-order valence-electron chi connectivity index (χ1n) is 4.19. The topological polar surface area (TPSA) is 73.6 Å². The lowest BCUT2D eigenvalue weighted by Gasteiger charge is -2.11. The van der Waals surface area contributed by atoms with E-state index in [1.54, 1.807) is 0 Å². The number of rotatable bonds is 2. The SMILES string of the molecule is COc1ccc(N=C(N)N)c(C(F)(F)F)c1. The highest BCUT2D eigenvalue weighted by atomic mass is 19.4. The van der Waals surface area contributed by atoms with Crippen molar-refractivity contribution in [2.75, 3.05) is 7.11 Å². The Bertz CT molecular complexity index is 411. The molecule has 4 nitrogen and oxygen atoms in total. The van der Waals surface area contributed by atoms with Gasteiger partial charge in [0.25, 0.3) is 0 Å². The predicted octanol–water partition coefficient (Wildman–Crippen LogP) is 1.62. The van der Waals surface area contributed by atoms with Crippen molar-refractivity contribution < 1.29 is 17.9 Å². The van der Waals surface area contributed by atoms with Gasteiger partial charge in [0.05, 0.1) is 18.4 Å². The third-order valence-electron chi connectivity index (χ3n) is 1.76. The Morgan fingerprint density at radius 3 is 2.38 bits per heavy atom. The Labute approximate surface area is 89.7 Å². The van der Waals surface area contributed by atoms with Crippen molar-refractivity contribution in [1.29, 1.82) is 0 Å². The van der Waals surface area contributed by atoms with Crippen LogP contribution in [0, 0.1) is 0 Å². The number of benzene rings is 1. The number of nitrogens with two attached hydrogens (primary N) is 2. The summed E-state index contributed by atoms with van der Waals surface area (Å²) in [6.45, 7) is 0. The van der Waals surface area contributed by atoms with Crippen molar-refractivity contribution in [3.05, 3.63) is 23.8 Å². The van der Waals surface area contributed by atoms with Crippen LogP contribution < -0.4 is 16.2 Å². The number of alkyl halides is 3. The molecule has 0 aromatic heterocycles. The normalized spacial score (nSPS) is 11.0. The minimum absolute atomic E-state index is 0.0851. The van der Waals surface area contributed by atoms with E-state index in [0.717, 1.165) is 12.1 Å². The van der Waals surface area contributed by atoms with Crippen LogP contribution in [0.4, 0.5) is 18.9 Å². The number of aliphatic imine (C=N–C) groups is 1. The molecule has 0 saturated heterocycles. The number of hydrogen-bond donors (Lipinski definition) is 2. The van der Waals surface area contributed by atoms with Gasteiger partial charge in [0.15, 0.2) is 5.96 Å². The second-order valence-electron chi connectivity index (χ2n) is 2.92. The van der Waals surface area contributed by atoms with Gasteiger partial charge in [-0.2, -0.15) is 13.2 Å². The molecule has 16 heavy (non-hydrogen) atoms.